The number of carbonyl (C=O) groups excluding carboxylic acids is 1. The molecule has 0 saturated carbocycles. The van der Waals surface area contributed by atoms with E-state index in [1.54, 1.807) is 0 Å². The minimum Gasteiger partial charge on any atom is -0.326 e. The van der Waals surface area contributed by atoms with Crippen LogP contribution < -0.4 is 5.32 Å². The number of para-hydroxylation sites is 1. The molecule has 0 heterocycles. The quantitative estimate of drug-likeness (QED) is 0.827. The van der Waals surface area contributed by atoms with Gasteiger partial charge in [0.2, 0.25) is 5.91 Å². The van der Waals surface area contributed by atoms with Crippen molar-refractivity contribution in [3.8, 4) is 0 Å². The molecule has 0 atom stereocenters. The molecule has 0 aliphatic rings. The van der Waals surface area contributed by atoms with Gasteiger partial charge >= 0.3 is 0 Å². The number of hydrogen-bond acceptors (Lipinski definition) is 1. The Labute approximate surface area is 128 Å². The molecule has 2 aromatic rings. The third kappa shape index (κ3) is 3.70. The molecule has 0 spiro atoms. The second-order valence-corrected chi connectivity index (χ2v) is 5.50. The summed E-state index contributed by atoms with van der Waals surface area (Å²) in [5.41, 5.74) is 5.47. The van der Waals surface area contributed by atoms with E-state index < -0.39 is 0 Å². The summed E-state index contributed by atoms with van der Waals surface area (Å²) in [7, 11) is 0. The molecular formula is C17H18BrNO. The summed E-state index contributed by atoms with van der Waals surface area (Å²) in [5.74, 6) is 0.0154. The highest BCUT2D eigenvalue weighted by molar-refractivity contribution is 9.08. The molecule has 1 amide bonds. The van der Waals surface area contributed by atoms with Gasteiger partial charge in [-0.3, -0.25) is 4.79 Å². The van der Waals surface area contributed by atoms with Crippen LogP contribution in [0.4, 0.5) is 5.69 Å². The molecule has 0 unspecified atom stereocenters. The lowest BCUT2D eigenvalue weighted by Crippen LogP contribution is -2.15. The van der Waals surface area contributed by atoms with Gasteiger partial charge in [0.1, 0.15) is 0 Å². The number of nitrogens with one attached hydrogen (secondary N) is 1. The van der Waals surface area contributed by atoms with E-state index in [0.29, 0.717) is 6.42 Å². The van der Waals surface area contributed by atoms with Gasteiger partial charge in [-0.1, -0.05) is 52.3 Å². The Bertz CT molecular complexity index is 622. The fraction of sp³-hybridized carbons (Fsp3) is 0.235. The van der Waals surface area contributed by atoms with Crippen molar-refractivity contribution < 1.29 is 4.79 Å². The van der Waals surface area contributed by atoms with Crippen LogP contribution in [0.3, 0.4) is 0 Å². The number of benzene rings is 2. The van der Waals surface area contributed by atoms with Gasteiger partial charge in [-0.15, -0.1) is 0 Å². The number of hydrogen-bond donors (Lipinski definition) is 1. The highest BCUT2D eigenvalue weighted by atomic mass is 79.9. The summed E-state index contributed by atoms with van der Waals surface area (Å²) >= 11 is 3.43. The molecule has 0 aromatic heterocycles. The highest BCUT2D eigenvalue weighted by Gasteiger charge is 2.07. The van der Waals surface area contributed by atoms with E-state index in [0.717, 1.165) is 22.1 Å². The molecule has 0 fully saturated rings. The molecule has 1 N–H and O–H groups in total. The minimum atomic E-state index is 0.0154. The van der Waals surface area contributed by atoms with E-state index in [2.05, 4.69) is 47.2 Å². The minimum absolute atomic E-state index is 0.0154. The van der Waals surface area contributed by atoms with Gasteiger partial charge in [-0.25, -0.2) is 0 Å². The number of carbonyl (C=O) groups is 1. The number of amides is 1. The highest BCUT2D eigenvalue weighted by Crippen LogP contribution is 2.18. The van der Waals surface area contributed by atoms with Crippen molar-refractivity contribution in [3.05, 3.63) is 64.7 Å². The average molecular weight is 332 g/mol. The number of halogens is 1. The number of anilines is 1. The number of rotatable bonds is 4. The lowest BCUT2D eigenvalue weighted by atomic mass is 10.0. The molecule has 104 valence electrons. The summed E-state index contributed by atoms with van der Waals surface area (Å²) in [6, 6.07) is 14.0. The van der Waals surface area contributed by atoms with Gasteiger partial charge in [-0.05, 0) is 42.2 Å². The summed E-state index contributed by atoms with van der Waals surface area (Å²) in [6.07, 6.45) is 0.401. The smallest absolute Gasteiger partial charge is 0.228 e. The Balaban J connectivity index is 2.07. The Morgan fingerprint density at radius 3 is 2.55 bits per heavy atom. The van der Waals surface area contributed by atoms with E-state index >= 15 is 0 Å². The second kappa shape index (κ2) is 6.71. The maximum atomic E-state index is 12.1. The molecule has 0 aliphatic carbocycles. The summed E-state index contributed by atoms with van der Waals surface area (Å²) in [6.45, 7) is 4.14. The maximum absolute atomic E-state index is 12.1. The van der Waals surface area contributed by atoms with Gasteiger partial charge in [0.05, 0.1) is 6.42 Å². The first-order valence-corrected chi connectivity index (χ1v) is 7.72. The second-order valence-electron chi connectivity index (χ2n) is 4.93. The first-order valence-electron chi connectivity index (χ1n) is 6.60. The third-order valence-corrected chi connectivity index (χ3v) is 3.98. The van der Waals surface area contributed by atoms with E-state index in [1.807, 2.05) is 30.3 Å². The lowest BCUT2D eigenvalue weighted by molar-refractivity contribution is -0.115. The topological polar surface area (TPSA) is 29.1 Å². The van der Waals surface area contributed by atoms with Gasteiger partial charge in [0.25, 0.3) is 0 Å². The van der Waals surface area contributed by atoms with Crippen LogP contribution in [0.15, 0.2) is 42.5 Å². The van der Waals surface area contributed by atoms with Crippen LogP contribution in [-0.2, 0) is 16.5 Å². The Kier molecular flexibility index (Phi) is 4.96. The van der Waals surface area contributed by atoms with Crippen molar-refractivity contribution in [3.63, 3.8) is 0 Å². The first kappa shape index (κ1) is 14.8. The molecule has 2 aromatic carbocycles. The Morgan fingerprint density at radius 2 is 1.85 bits per heavy atom. The molecule has 0 aliphatic heterocycles. The molecule has 2 rings (SSSR count). The maximum Gasteiger partial charge on any atom is 0.228 e. The van der Waals surface area contributed by atoms with Crippen LogP contribution in [0.25, 0.3) is 0 Å². The summed E-state index contributed by atoms with van der Waals surface area (Å²) in [4.78, 5) is 12.1. The molecule has 0 radical (unpaired) electrons. The normalized spacial score (nSPS) is 10.3. The van der Waals surface area contributed by atoms with Gasteiger partial charge in [0.15, 0.2) is 0 Å². The largest absolute Gasteiger partial charge is 0.326 e. The molecular weight excluding hydrogens is 314 g/mol. The summed E-state index contributed by atoms with van der Waals surface area (Å²) < 4.78 is 0. The number of alkyl halides is 1. The van der Waals surface area contributed by atoms with Gasteiger partial charge in [0, 0.05) is 11.0 Å². The van der Waals surface area contributed by atoms with Crippen LogP contribution in [0.2, 0.25) is 0 Å². The van der Waals surface area contributed by atoms with E-state index in [-0.39, 0.29) is 5.91 Å². The van der Waals surface area contributed by atoms with Crippen LogP contribution in [0.1, 0.15) is 22.3 Å². The standard InChI is InChI=1S/C17H18BrNO/c1-12-7-8-14(9-13(12)2)10-17(20)19-16-6-4-3-5-15(16)11-18/h3-9H,10-11H2,1-2H3,(H,19,20). The summed E-state index contributed by atoms with van der Waals surface area (Å²) in [5, 5.41) is 3.70. The predicted octanol–water partition coefficient (Wildman–Crippen LogP) is 4.38. The SMILES string of the molecule is Cc1ccc(CC(=O)Nc2ccccc2CBr)cc1C. The molecule has 3 heteroatoms. The van der Waals surface area contributed by atoms with Crippen molar-refractivity contribution in [1.29, 1.82) is 0 Å². The Morgan fingerprint density at radius 1 is 1.10 bits per heavy atom. The van der Waals surface area contributed by atoms with Crippen molar-refractivity contribution in [2.24, 2.45) is 0 Å². The monoisotopic (exact) mass is 331 g/mol. The Hall–Kier alpha value is -1.61. The van der Waals surface area contributed by atoms with Crippen molar-refractivity contribution >= 4 is 27.5 Å². The fourth-order valence-electron chi connectivity index (χ4n) is 2.05. The zero-order valence-electron chi connectivity index (χ0n) is 11.7. The number of aryl methyl sites for hydroxylation is 2. The van der Waals surface area contributed by atoms with E-state index in [4.69, 9.17) is 0 Å². The fourth-order valence-corrected chi connectivity index (χ4v) is 2.54. The van der Waals surface area contributed by atoms with E-state index in [1.165, 1.54) is 11.1 Å². The van der Waals surface area contributed by atoms with Crippen molar-refractivity contribution in [1.82, 2.24) is 0 Å². The van der Waals surface area contributed by atoms with Crippen LogP contribution >= 0.6 is 15.9 Å². The van der Waals surface area contributed by atoms with E-state index in [9.17, 15) is 4.79 Å². The molecule has 0 bridgehead atoms. The first-order chi connectivity index (χ1) is 9.60. The van der Waals surface area contributed by atoms with Crippen LogP contribution in [0, 0.1) is 13.8 Å². The van der Waals surface area contributed by atoms with Crippen LogP contribution in [0.5, 0.6) is 0 Å². The zero-order chi connectivity index (χ0) is 14.5. The van der Waals surface area contributed by atoms with Gasteiger partial charge in [-0.2, -0.15) is 0 Å². The average Bonchev–Trinajstić information content (AvgIpc) is 2.43. The zero-order valence-corrected chi connectivity index (χ0v) is 13.3. The molecule has 2 nitrogen and oxygen atoms in total. The van der Waals surface area contributed by atoms with Crippen molar-refractivity contribution in [2.75, 3.05) is 5.32 Å². The predicted molar refractivity (Wildman–Crippen MR) is 87.3 cm³/mol. The van der Waals surface area contributed by atoms with Crippen molar-refractivity contribution in [2.45, 2.75) is 25.6 Å². The van der Waals surface area contributed by atoms with Crippen LogP contribution in [-0.4, -0.2) is 5.91 Å². The molecule has 0 saturated heterocycles. The molecule has 20 heavy (non-hydrogen) atoms. The third-order valence-electron chi connectivity index (χ3n) is 3.37. The lowest BCUT2D eigenvalue weighted by Gasteiger charge is -2.10. The van der Waals surface area contributed by atoms with Gasteiger partial charge < -0.3 is 5.32 Å².